The van der Waals surface area contributed by atoms with Crippen molar-refractivity contribution >= 4 is 5.91 Å². The first-order chi connectivity index (χ1) is 10.2. The number of carbonyl (C=O) groups is 1. The maximum Gasteiger partial charge on any atom is 0.251 e. The largest absolute Gasteiger partial charge is 0.395 e. The molecule has 1 aliphatic carbocycles. The van der Waals surface area contributed by atoms with Gasteiger partial charge in [0.15, 0.2) is 0 Å². The van der Waals surface area contributed by atoms with Crippen molar-refractivity contribution in [2.75, 3.05) is 13.2 Å². The van der Waals surface area contributed by atoms with Gasteiger partial charge in [0, 0.05) is 24.1 Å². The van der Waals surface area contributed by atoms with Gasteiger partial charge < -0.3 is 10.4 Å². The minimum absolute atomic E-state index is 0.00718. The number of benzene rings is 1. The van der Waals surface area contributed by atoms with E-state index in [0.29, 0.717) is 17.4 Å². The molecule has 1 fully saturated rings. The number of nitrogens with one attached hydrogen (secondary N) is 1. The molecule has 0 saturated heterocycles. The summed E-state index contributed by atoms with van der Waals surface area (Å²) in [6.45, 7) is 3.06. The lowest BCUT2D eigenvalue weighted by atomic mass is 10.0. The molecule has 1 aromatic rings. The Balaban J connectivity index is 1.87. The van der Waals surface area contributed by atoms with Crippen molar-refractivity contribution in [2.24, 2.45) is 5.41 Å². The Morgan fingerprint density at radius 3 is 2.62 bits per heavy atom. The summed E-state index contributed by atoms with van der Waals surface area (Å²) < 4.78 is 0. The van der Waals surface area contributed by atoms with Crippen molar-refractivity contribution < 1.29 is 9.90 Å². The van der Waals surface area contributed by atoms with E-state index < -0.39 is 0 Å². The molecule has 1 aromatic carbocycles. The molecule has 21 heavy (non-hydrogen) atoms. The predicted molar refractivity (Wildman–Crippen MR) is 83.9 cm³/mol. The zero-order valence-electron chi connectivity index (χ0n) is 12.6. The average Bonchev–Trinajstić information content (AvgIpc) is 3.26. The van der Waals surface area contributed by atoms with Crippen LogP contribution in [0.4, 0.5) is 0 Å². The quantitative estimate of drug-likeness (QED) is 0.790. The fraction of sp³-hybridized carbons (Fsp3) is 0.500. The van der Waals surface area contributed by atoms with E-state index in [4.69, 9.17) is 5.11 Å². The molecule has 0 spiro atoms. The Labute approximate surface area is 126 Å². The summed E-state index contributed by atoms with van der Waals surface area (Å²) >= 11 is 0. The first kappa shape index (κ1) is 15.6. The lowest BCUT2D eigenvalue weighted by molar-refractivity contribution is 0.0943. The van der Waals surface area contributed by atoms with Crippen molar-refractivity contribution in [1.29, 1.82) is 0 Å². The van der Waals surface area contributed by atoms with Crippen LogP contribution in [0.3, 0.4) is 0 Å². The molecule has 2 rings (SSSR count). The van der Waals surface area contributed by atoms with Gasteiger partial charge in [-0.25, -0.2) is 0 Å². The van der Waals surface area contributed by atoms with Gasteiger partial charge in [-0.1, -0.05) is 25.2 Å². The molecule has 0 heterocycles. The zero-order chi connectivity index (χ0) is 15.1. The van der Waals surface area contributed by atoms with E-state index in [-0.39, 0.29) is 12.5 Å². The summed E-state index contributed by atoms with van der Waals surface area (Å²) in [5, 5.41) is 11.7. The highest BCUT2D eigenvalue weighted by molar-refractivity contribution is 5.94. The Kier molecular flexibility index (Phi) is 5.41. The third kappa shape index (κ3) is 4.61. The second kappa shape index (κ2) is 7.28. The van der Waals surface area contributed by atoms with Gasteiger partial charge in [0.05, 0.1) is 6.61 Å². The van der Waals surface area contributed by atoms with Crippen LogP contribution in [0.2, 0.25) is 0 Å². The lowest BCUT2D eigenvalue weighted by Crippen LogP contribution is -2.30. The highest BCUT2D eigenvalue weighted by atomic mass is 16.2. The van der Waals surface area contributed by atoms with Crippen LogP contribution in [0, 0.1) is 17.3 Å². The Hall–Kier alpha value is -1.79. The third-order valence-electron chi connectivity index (χ3n) is 3.98. The van der Waals surface area contributed by atoms with Crippen molar-refractivity contribution in [3.8, 4) is 11.8 Å². The number of aliphatic hydroxyl groups excluding tert-OH is 1. The topological polar surface area (TPSA) is 49.3 Å². The Morgan fingerprint density at radius 1 is 1.33 bits per heavy atom. The van der Waals surface area contributed by atoms with E-state index in [2.05, 4.69) is 24.1 Å². The van der Waals surface area contributed by atoms with Crippen molar-refractivity contribution in [1.82, 2.24) is 5.32 Å². The van der Waals surface area contributed by atoms with Crippen molar-refractivity contribution in [3.63, 3.8) is 0 Å². The molecular weight excluding hydrogens is 262 g/mol. The van der Waals surface area contributed by atoms with Crippen molar-refractivity contribution in [2.45, 2.75) is 39.0 Å². The van der Waals surface area contributed by atoms with E-state index in [1.807, 2.05) is 12.1 Å². The summed E-state index contributed by atoms with van der Waals surface area (Å²) in [5.74, 6) is 5.81. The maximum absolute atomic E-state index is 12.1. The van der Waals surface area contributed by atoms with Crippen LogP contribution in [0.25, 0.3) is 0 Å². The number of hydrogen-bond donors (Lipinski definition) is 2. The lowest BCUT2D eigenvalue weighted by Gasteiger charge is -2.14. The average molecular weight is 285 g/mol. The van der Waals surface area contributed by atoms with Crippen LogP contribution in [0.15, 0.2) is 24.3 Å². The van der Waals surface area contributed by atoms with Gasteiger partial charge in [0.2, 0.25) is 0 Å². The number of aliphatic hydroxyl groups is 1. The summed E-state index contributed by atoms with van der Waals surface area (Å²) in [6.07, 6.45) is 5.33. The van der Waals surface area contributed by atoms with Crippen LogP contribution in [0.1, 0.15) is 54.9 Å². The van der Waals surface area contributed by atoms with E-state index in [0.717, 1.165) is 12.1 Å². The summed E-state index contributed by atoms with van der Waals surface area (Å²) in [5.41, 5.74) is 1.92. The second-order valence-corrected chi connectivity index (χ2v) is 5.79. The van der Waals surface area contributed by atoms with Gasteiger partial charge in [0.25, 0.3) is 5.91 Å². The molecular formula is C18H23NO2. The van der Waals surface area contributed by atoms with Gasteiger partial charge in [0.1, 0.15) is 0 Å². The molecule has 0 atom stereocenters. The van der Waals surface area contributed by atoms with Crippen LogP contribution >= 0.6 is 0 Å². The summed E-state index contributed by atoms with van der Waals surface area (Å²) in [6, 6.07) is 7.30. The monoisotopic (exact) mass is 285 g/mol. The standard InChI is InChI=1S/C18H23NO2/c1-2-10-18(11-12-18)14-19-17(21)16-8-6-15(7-9-16)5-3-4-13-20/h6-9,20H,2,4,10-14H2,1H3,(H,19,21). The van der Waals surface area contributed by atoms with Gasteiger partial charge in [-0.15, -0.1) is 0 Å². The molecule has 0 unspecified atom stereocenters. The molecule has 3 nitrogen and oxygen atoms in total. The smallest absolute Gasteiger partial charge is 0.251 e. The molecule has 0 bridgehead atoms. The molecule has 1 amide bonds. The zero-order valence-corrected chi connectivity index (χ0v) is 12.6. The minimum atomic E-state index is -0.00718. The van der Waals surface area contributed by atoms with E-state index >= 15 is 0 Å². The summed E-state index contributed by atoms with van der Waals surface area (Å²) in [4.78, 5) is 12.1. The maximum atomic E-state index is 12.1. The fourth-order valence-corrected chi connectivity index (χ4v) is 2.52. The highest BCUT2D eigenvalue weighted by Gasteiger charge is 2.41. The molecule has 0 aromatic heterocycles. The van der Waals surface area contributed by atoms with Gasteiger partial charge in [-0.2, -0.15) is 0 Å². The molecule has 1 saturated carbocycles. The first-order valence-electron chi connectivity index (χ1n) is 7.67. The number of rotatable bonds is 6. The Bertz CT molecular complexity index is 533. The second-order valence-electron chi connectivity index (χ2n) is 5.79. The van der Waals surface area contributed by atoms with E-state index in [1.165, 1.54) is 25.7 Å². The van der Waals surface area contributed by atoms with E-state index in [9.17, 15) is 4.79 Å². The molecule has 1 aliphatic rings. The number of hydrogen-bond acceptors (Lipinski definition) is 2. The van der Waals surface area contributed by atoms with Gasteiger partial charge >= 0.3 is 0 Å². The van der Waals surface area contributed by atoms with E-state index in [1.54, 1.807) is 12.1 Å². The molecule has 0 radical (unpaired) electrons. The van der Waals surface area contributed by atoms with Gasteiger partial charge in [-0.3, -0.25) is 4.79 Å². The molecule has 3 heteroatoms. The fourth-order valence-electron chi connectivity index (χ4n) is 2.52. The van der Waals surface area contributed by atoms with Crippen LogP contribution < -0.4 is 5.32 Å². The molecule has 112 valence electrons. The van der Waals surface area contributed by atoms with Crippen LogP contribution in [0.5, 0.6) is 0 Å². The number of amides is 1. The minimum Gasteiger partial charge on any atom is -0.395 e. The van der Waals surface area contributed by atoms with Gasteiger partial charge in [-0.05, 0) is 48.9 Å². The first-order valence-corrected chi connectivity index (χ1v) is 7.67. The SMILES string of the molecule is CCCC1(CNC(=O)c2ccc(C#CCCO)cc2)CC1. The predicted octanol–water partition coefficient (Wildman–Crippen LogP) is 2.73. The normalized spacial score (nSPS) is 15.0. The van der Waals surface area contributed by atoms with Crippen LogP contribution in [-0.2, 0) is 0 Å². The third-order valence-corrected chi connectivity index (χ3v) is 3.98. The Morgan fingerprint density at radius 2 is 2.05 bits per heavy atom. The summed E-state index contributed by atoms with van der Waals surface area (Å²) in [7, 11) is 0. The van der Waals surface area contributed by atoms with Crippen LogP contribution in [-0.4, -0.2) is 24.2 Å². The molecule has 2 N–H and O–H groups in total. The highest BCUT2D eigenvalue weighted by Crippen LogP contribution is 2.48. The molecule has 0 aliphatic heterocycles. The van der Waals surface area contributed by atoms with Crippen molar-refractivity contribution in [3.05, 3.63) is 35.4 Å². The number of carbonyl (C=O) groups excluding carboxylic acids is 1.